The van der Waals surface area contributed by atoms with Gasteiger partial charge in [-0.2, -0.15) is 0 Å². The van der Waals surface area contributed by atoms with Crippen LogP contribution in [0.2, 0.25) is 5.15 Å². The Bertz CT molecular complexity index is 820. The third-order valence-corrected chi connectivity index (χ3v) is 3.82. The Morgan fingerprint density at radius 1 is 1.27 bits per heavy atom. The summed E-state index contributed by atoms with van der Waals surface area (Å²) in [5.41, 5.74) is 1.64. The Balaban J connectivity index is 1.77. The average Bonchev–Trinajstić information content (AvgIpc) is 2.96. The van der Waals surface area contributed by atoms with E-state index < -0.39 is 0 Å². The molecule has 0 saturated carbocycles. The lowest BCUT2D eigenvalue weighted by Gasteiger charge is -2.01. The van der Waals surface area contributed by atoms with E-state index >= 15 is 0 Å². The van der Waals surface area contributed by atoms with Gasteiger partial charge in [0.2, 0.25) is 0 Å². The summed E-state index contributed by atoms with van der Waals surface area (Å²) in [6.07, 6.45) is 1.39. The van der Waals surface area contributed by atoms with Gasteiger partial charge in [-0.1, -0.05) is 23.7 Å². The molecule has 0 fully saturated rings. The highest BCUT2D eigenvalue weighted by molar-refractivity contribution is 7.14. The van der Waals surface area contributed by atoms with Crippen LogP contribution >= 0.6 is 22.9 Å². The SMILES string of the molecule is O=C(Nc1nc(-c2cccc(F)c2)cs1)c1ccc(Cl)nc1. The summed E-state index contributed by atoms with van der Waals surface area (Å²) >= 11 is 6.94. The molecule has 4 nitrogen and oxygen atoms in total. The third-order valence-electron chi connectivity index (χ3n) is 2.83. The van der Waals surface area contributed by atoms with Crippen LogP contribution in [-0.2, 0) is 0 Å². The minimum Gasteiger partial charge on any atom is -0.298 e. The number of pyridine rings is 1. The standard InChI is InChI=1S/C15H9ClFN3OS/c16-13-5-4-10(7-18-13)14(21)20-15-19-12(8-22-15)9-2-1-3-11(17)6-9/h1-8H,(H,19,20,21). The van der Waals surface area contributed by atoms with Crippen LogP contribution in [0.1, 0.15) is 10.4 Å². The van der Waals surface area contributed by atoms with Crippen molar-refractivity contribution in [1.29, 1.82) is 0 Å². The van der Waals surface area contributed by atoms with Gasteiger partial charge < -0.3 is 0 Å². The first-order valence-electron chi connectivity index (χ1n) is 6.26. The quantitative estimate of drug-likeness (QED) is 0.729. The molecule has 2 aromatic heterocycles. The maximum atomic E-state index is 13.2. The summed E-state index contributed by atoms with van der Waals surface area (Å²) in [4.78, 5) is 20.2. The second-order valence-corrected chi connectivity index (χ2v) is 5.62. The summed E-state index contributed by atoms with van der Waals surface area (Å²) < 4.78 is 13.2. The zero-order chi connectivity index (χ0) is 15.5. The predicted molar refractivity (Wildman–Crippen MR) is 84.7 cm³/mol. The lowest BCUT2D eigenvalue weighted by Crippen LogP contribution is -2.11. The van der Waals surface area contributed by atoms with Crippen LogP contribution in [0, 0.1) is 5.82 Å². The van der Waals surface area contributed by atoms with E-state index in [0.29, 0.717) is 27.1 Å². The van der Waals surface area contributed by atoms with Crippen molar-refractivity contribution in [1.82, 2.24) is 9.97 Å². The molecule has 0 spiro atoms. The van der Waals surface area contributed by atoms with Crippen molar-refractivity contribution in [3.05, 3.63) is 64.5 Å². The smallest absolute Gasteiger partial charge is 0.259 e. The van der Waals surface area contributed by atoms with Gasteiger partial charge in [-0.25, -0.2) is 14.4 Å². The predicted octanol–water partition coefficient (Wildman–Crippen LogP) is 4.25. The van der Waals surface area contributed by atoms with Crippen LogP contribution in [0.3, 0.4) is 0 Å². The first kappa shape index (κ1) is 14.6. The molecule has 0 atom stereocenters. The number of nitrogens with one attached hydrogen (secondary N) is 1. The van der Waals surface area contributed by atoms with Crippen molar-refractivity contribution < 1.29 is 9.18 Å². The molecule has 0 aliphatic rings. The van der Waals surface area contributed by atoms with Gasteiger partial charge in [0.05, 0.1) is 11.3 Å². The molecule has 110 valence electrons. The third kappa shape index (κ3) is 3.29. The van der Waals surface area contributed by atoms with Crippen LogP contribution in [0.15, 0.2) is 48.0 Å². The highest BCUT2D eigenvalue weighted by Crippen LogP contribution is 2.25. The number of amides is 1. The summed E-state index contributed by atoms with van der Waals surface area (Å²) in [6.45, 7) is 0. The van der Waals surface area contributed by atoms with Crippen LogP contribution in [0.4, 0.5) is 9.52 Å². The van der Waals surface area contributed by atoms with E-state index in [9.17, 15) is 9.18 Å². The molecule has 0 aliphatic heterocycles. The Hall–Kier alpha value is -2.31. The fourth-order valence-electron chi connectivity index (χ4n) is 1.79. The van der Waals surface area contributed by atoms with E-state index in [0.717, 1.165) is 0 Å². The molecule has 3 aromatic rings. The van der Waals surface area contributed by atoms with Gasteiger partial charge in [-0.15, -0.1) is 11.3 Å². The van der Waals surface area contributed by atoms with Gasteiger partial charge >= 0.3 is 0 Å². The lowest BCUT2D eigenvalue weighted by atomic mass is 10.2. The molecule has 0 saturated heterocycles. The largest absolute Gasteiger partial charge is 0.298 e. The number of hydrogen-bond acceptors (Lipinski definition) is 4. The Kier molecular flexibility index (Phi) is 4.13. The monoisotopic (exact) mass is 333 g/mol. The second kappa shape index (κ2) is 6.21. The maximum absolute atomic E-state index is 13.2. The van der Waals surface area contributed by atoms with E-state index in [1.807, 2.05) is 0 Å². The molecule has 1 N–H and O–H groups in total. The van der Waals surface area contributed by atoms with Gasteiger partial charge in [0, 0.05) is 17.1 Å². The number of carbonyl (C=O) groups excluding carboxylic acids is 1. The molecule has 7 heteroatoms. The molecule has 22 heavy (non-hydrogen) atoms. The topological polar surface area (TPSA) is 54.9 Å². The Morgan fingerprint density at radius 2 is 2.14 bits per heavy atom. The minimum absolute atomic E-state index is 0.319. The normalized spacial score (nSPS) is 10.5. The van der Waals surface area contributed by atoms with Crippen molar-refractivity contribution in [3.63, 3.8) is 0 Å². The van der Waals surface area contributed by atoms with Crippen molar-refractivity contribution in [2.45, 2.75) is 0 Å². The highest BCUT2D eigenvalue weighted by atomic mass is 35.5. The molecule has 0 radical (unpaired) electrons. The van der Waals surface area contributed by atoms with Crippen LogP contribution in [0.5, 0.6) is 0 Å². The molecular weight excluding hydrogens is 325 g/mol. The summed E-state index contributed by atoms with van der Waals surface area (Å²) in [5, 5.41) is 5.18. The number of nitrogens with zero attached hydrogens (tertiary/aromatic N) is 2. The molecule has 0 bridgehead atoms. The molecule has 0 unspecified atom stereocenters. The first-order chi connectivity index (χ1) is 10.6. The molecule has 3 rings (SSSR count). The number of carbonyl (C=O) groups is 1. The van der Waals surface area contributed by atoms with E-state index in [-0.39, 0.29) is 11.7 Å². The summed E-state index contributed by atoms with van der Waals surface area (Å²) in [7, 11) is 0. The Labute approximate surface area is 134 Å². The number of aromatic nitrogens is 2. The van der Waals surface area contributed by atoms with Crippen molar-refractivity contribution in [2.75, 3.05) is 5.32 Å². The highest BCUT2D eigenvalue weighted by Gasteiger charge is 2.10. The van der Waals surface area contributed by atoms with Crippen molar-refractivity contribution in [3.8, 4) is 11.3 Å². The van der Waals surface area contributed by atoms with Gasteiger partial charge in [0.25, 0.3) is 5.91 Å². The van der Waals surface area contributed by atoms with Gasteiger partial charge in [-0.05, 0) is 24.3 Å². The Morgan fingerprint density at radius 3 is 2.86 bits per heavy atom. The van der Waals surface area contributed by atoms with E-state index in [2.05, 4.69) is 15.3 Å². The number of hydrogen-bond donors (Lipinski definition) is 1. The molecular formula is C15H9ClFN3OS. The van der Waals surface area contributed by atoms with Crippen LogP contribution in [0.25, 0.3) is 11.3 Å². The van der Waals surface area contributed by atoms with Crippen LogP contribution < -0.4 is 5.32 Å². The van der Waals surface area contributed by atoms with Gasteiger partial charge in [0.1, 0.15) is 11.0 Å². The molecule has 1 aromatic carbocycles. The number of anilines is 1. The fraction of sp³-hybridized carbons (Fsp3) is 0. The first-order valence-corrected chi connectivity index (χ1v) is 7.52. The van der Waals surface area contributed by atoms with E-state index in [1.54, 1.807) is 23.6 Å². The van der Waals surface area contributed by atoms with E-state index in [1.165, 1.54) is 35.7 Å². The van der Waals surface area contributed by atoms with Crippen molar-refractivity contribution in [2.24, 2.45) is 0 Å². The van der Waals surface area contributed by atoms with Gasteiger partial charge in [-0.3, -0.25) is 10.1 Å². The van der Waals surface area contributed by atoms with Gasteiger partial charge in [0.15, 0.2) is 5.13 Å². The molecule has 0 aliphatic carbocycles. The zero-order valence-corrected chi connectivity index (χ0v) is 12.7. The summed E-state index contributed by atoms with van der Waals surface area (Å²) in [5.74, 6) is -0.660. The maximum Gasteiger partial charge on any atom is 0.259 e. The lowest BCUT2D eigenvalue weighted by molar-refractivity contribution is 0.102. The fourth-order valence-corrected chi connectivity index (χ4v) is 2.62. The zero-order valence-electron chi connectivity index (χ0n) is 11.1. The molecule has 2 heterocycles. The average molecular weight is 334 g/mol. The van der Waals surface area contributed by atoms with E-state index in [4.69, 9.17) is 11.6 Å². The molecule has 1 amide bonds. The van der Waals surface area contributed by atoms with Crippen molar-refractivity contribution >= 4 is 34.0 Å². The second-order valence-electron chi connectivity index (χ2n) is 4.37. The number of halogens is 2. The number of benzene rings is 1. The number of thiazole rings is 1. The number of rotatable bonds is 3. The minimum atomic E-state index is -0.330. The van der Waals surface area contributed by atoms with Crippen LogP contribution in [-0.4, -0.2) is 15.9 Å². The summed E-state index contributed by atoms with van der Waals surface area (Å²) in [6, 6.07) is 9.24.